The van der Waals surface area contributed by atoms with Crippen LogP contribution in [-0.4, -0.2) is 34.7 Å². The number of aliphatic imine (C=N–C) groups is 1. The smallest absolute Gasteiger partial charge is 0.246 e. The fraction of sp³-hybridized carbons (Fsp3) is 0.571. The van der Waals surface area contributed by atoms with E-state index >= 15 is 0 Å². The van der Waals surface area contributed by atoms with E-state index in [1.165, 1.54) is 4.88 Å². The summed E-state index contributed by atoms with van der Waals surface area (Å²) in [5, 5.41) is 11.2. The van der Waals surface area contributed by atoms with Crippen molar-refractivity contribution in [1.82, 2.24) is 25.8 Å². The molecule has 0 saturated carbocycles. The predicted molar refractivity (Wildman–Crippen MR) is 88.2 cm³/mol. The van der Waals surface area contributed by atoms with E-state index in [2.05, 4.69) is 30.8 Å². The topological polar surface area (TPSA) is 97.5 Å². The molecule has 0 aliphatic carbocycles. The Bertz CT molecular complexity index is 639. The predicted octanol–water partition coefficient (Wildman–Crippen LogP) is 1.80. The minimum atomic E-state index is -0.178. The molecule has 0 aliphatic rings. The van der Waals surface area contributed by atoms with Crippen LogP contribution in [0.15, 0.2) is 15.7 Å². The molecule has 0 spiro atoms. The number of guanidine groups is 1. The van der Waals surface area contributed by atoms with Crippen molar-refractivity contribution in [3.05, 3.63) is 27.8 Å². The van der Waals surface area contributed by atoms with Gasteiger partial charge >= 0.3 is 0 Å². The molecule has 0 radical (unpaired) electrons. The number of aryl methyl sites for hydroxylation is 1. The first-order valence-electron chi connectivity index (χ1n) is 7.42. The lowest BCUT2D eigenvalue weighted by Crippen LogP contribution is -2.36. The molecule has 2 aromatic heterocycles. The van der Waals surface area contributed by atoms with Crippen LogP contribution < -0.4 is 10.6 Å². The number of thiazole rings is 1. The molecule has 1 atom stereocenters. The molecule has 2 N–H and O–H groups in total. The van der Waals surface area contributed by atoms with Crippen molar-refractivity contribution in [1.29, 1.82) is 0 Å². The molecular formula is C14H22N6O2S. The fourth-order valence-electron chi connectivity index (χ4n) is 1.85. The van der Waals surface area contributed by atoms with Crippen molar-refractivity contribution in [3.63, 3.8) is 0 Å². The van der Waals surface area contributed by atoms with Crippen molar-refractivity contribution < 1.29 is 9.26 Å². The van der Waals surface area contributed by atoms with Gasteiger partial charge in [0.25, 0.3) is 0 Å². The van der Waals surface area contributed by atoms with Crippen molar-refractivity contribution in [2.45, 2.75) is 40.0 Å². The molecule has 0 aromatic carbocycles. The van der Waals surface area contributed by atoms with Crippen molar-refractivity contribution in [2.75, 3.05) is 13.7 Å². The number of rotatable bonds is 7. The van der Waals surface area contributed by atoms with E-state index in [9.17, 15) is 0 Å². The highest BCUT2D eigenvalue weighted by Gasteiger charge is 2.13. The fourth-order valence-corrected chi connectivity index (χ4v) is 2.58. The van der Waals surface area contributed by atoms with Gasteiger partial charge in [0.1, 0.15) is 11.1 Å². The maximum Gasteiger partial charge on any atom is 0.246 e. The number of hydrogen-bond donors (Lipinski definition) is 2. The second-order valence-electron chi connectivity index (χ2n) is 4.79. The monoisotopic (exact) mass is 338 g/mol. The minimum Gasteiger partial charge on any atom is -0.371 e. The Labute approximate surface area is 139 Å². The Morgan fingerprint density at radius 3 is 2.87 bits per heavy atom. The zero-order chi connectivity index (χ0) is 16.7. The van der Waals surface area contributed by atoms with Gasteiger partial charge < -0.3 is 19.9 Å². The molecule has 9 heteroatoms. The molecule has 2 rings (SSSR count). The van der Waals surface area contributed by atoms with Gasteiger partial charge in [0, 0.05) is 24.7 Å². The second-order valence-corrected chi connectivity index (χ2v) is 6.11. The van der Waals surface area contributed by atoms with Crippen LogP contribution in [0.25, 0.3) is 0 Å². The summed E-state index contributed by atoms with van der Waals surface area (Å²) < 4.78 is 10.6. The van der Waals surface area contributed by atoms with Crippen LogP contribution >= 0.6 is 11.3 Å². The maximum absolute atomic E-state index is 5.43. The third kappa shape index (κ3) is 5.29. The van der Waals surface area contributed by atoms with Crippen molar-refractivity contribution in [2.24, 2.45) is 4.99 Å². The van der Waals surface area contributed by atoms with Crippen LogP contribution in [0.4, 0.5) is 0 Å². The van der Waals surface area contributed by atoms with Gasteiger partial charge in [0.15, 0.2) is 11.8 Å². The molecule has 1 unspecified atom stereocenters. The number of aromatic nitrogens is 3. The average Bonchev–Trinajstić information content (AvgIpc) is 3.17. The van der Waals surface area contributed by atoms with Gasteiger partial charge in [0.05, 0.1) is 13.1 Å². The van der Waals surface area contributed by atoms with Gasteiger partial charge in [-0.25, -0.2) is 4.98 Å². The Morgan fingerprint density at radius 1 is 1.43 bits per heavy atom. The van der Waals surface area contributed by atoms with Gasteiger partial charge in [-0.05, 0) is 20.8 Å². The van der Waals surface area contributed by atoms with E-state index in [1.54, 1.807) is 18.4 Å². The first-order valence-corrected chi connectivity index (χ1v) is 8.24. The van der Waals surface area contributed by atoms with Gasteiger partial charge in [-0.3, -0.25) is 4.99 Å². The van der Waals surface area contributed by atoms with Gasteiger partial charge in [-0.1, -0.05) is 5.16 Å². The number of ether oxygens (including phenoxy) is 1. The molecule has 0 aliphatic heterocycles. The summed E-state index contributed by atoms with van der Waals surface area (Å²) in [5.74, 6) is 1.68. The largest absolute Gasteiger partial charge is 0.371 e. The summed E-state index contributed by atoms with van der Waals surface area (Å²) in [6, 6.07) is 0. The molecular weight excluding hydrogens is 316 g/mol. The zero-order valence-electron chi connectivity index (χ0n) is 13.8. The van der Waals surface area contributed by atoms with Crippen LogP contribution in [0.5, 0.6) is 0 Å². The van der Waals surface area contributed by atoms with E-state index in [0.717, 1.165) is 5.01 Å². The van der Waals surface area contributed by atoms with Crippen LogP contribution in [-0.2, 0) is 17.8 Å². The van der Waals surface area contributed by atoms with Gasteiger partial charge in [-0.2, -0.15) is 4.98 Å². The maximum atomic E-state index is 5.43. The van der Waals surface area contributed by atoms with E-state index < -0.39 is 0 Å². The second kappa shape index (κ2) is 8.59. The van der Waals surface area contributed by atoms with Crippen molar-refractivity contribution >= 4 is 17.3 Å². The first kappa shape index (κ1) is 17.4. The molecule has 2 aromatic rings. The number of hydrogen-bond acceptors (Lipinski definition) is 7. The highest BCUT2D eigenvalue weighted by molar-refractivity contribution is 7.11. The lowest BCUT2D eigenvalue weighted by Gasteiger charge is -2.08. The van der Waals surface area contributed by atoms with E-state index in [0.29, 0.717) is 37.4 Å². The number of nitrogens with one attached hydrogen (secondary N) is 2. The van der Waals surface area contributed by atoms with Crippen LogP contribution in [0.3, 0.4) is 0 Å². The Hall–Kier alpha value is -2.00. The van der Waals surface area contributed by atoms with Crippen LogP contribution in [0, 0.1) is 6.92 Å². The summed E-state index contributed by atoms with van der Waals surface area (Å²) in [4.78, 5) is 13.9. The summed E-state index contributed by atoms with van der Waals surface area (Å²) in [5.41, 5.74) is 0. The van der Waals surface area contributed by atoms with Crippen LogP contribution in [0.1, 0.15) is 41.6 Å². The molecule has 0 saturated heterocycles. The lowest BCUT2D eigenvalue weighted by molar-refractivity contribution is 0.0683. The Balaban J connectivity index is 1.81. The Kier molecular flexibility index (Phi) is 6.48. The lowest BCUT2D eigenvalue weighted by atomic mass is 10.4. The summed E-state index contributed by atoms with van der Waals surface area (Å²) >= 11 is 1.65. The molecule has 0 bridgehead atoms. The summed E-state index contributed by atoms with van der Waals surface area (Å²) in [6.07, 6.45) is 1.68. The molecule has 126 valence electrons. The van der Waals surface area contributed by atoms with Crippen LogP contribution in [0.2, 0.25) is 0 Å². The first-order chi connectivity index (χ1) is 11.1. The molecule has 0 fully saturated rings. The SMILES string of the molecule is CCOC(C)c1noc(CNC(=NC)NCc2ncc(C)s2)n1. The Morgan fingerprint density at radius 2 is 2.22 bits per heavy atom. The molecule has 0 amide bonds. The van der Waals surface area contributed by atoms with Gasteiger partial charge in [-0.15, -0.1) is 11.3 Å². The highest BCUT2D eigenvalue weighted by atomic mass is 32.1. The van der Waals surface area contributed by atoms with Crippen molar-refractivity contribution in [3.8, 4) is 0 Å². The molecule has 23 heavy (non-hydrogen) atoms. The normalized spacial score (nSPS) is 13.1. The van der Waals surface area contributed by atoms with E-state index in [4.69, 9.17) is 9.26 Å². The quantitative estimate of drug-likeness (QED) is 0.587. The van der Waals surface area contributed by atoms with Gasteiger partial charge in [0.2, 0.25) is 5.89 Å². The summed E-state index contributed by atoms with van der Waals surface area (Å²) in [7, 11) is 1.71. The minimum absolute atomic E-state index is 0.178. The molecule has 8 nitrogen and oxygen atoms in total. The number of nitrogens with zero attached hydrogens (tertiary/aromatic N) is 4. The van der Waals surface area contributed by atoms with E-state index in [-0.39, 0.29) is 6.10 Å². The van der Waals surface area contributed by atoms with E-state index in [1.807, 2.05) is 27.0 Å². The molecule has 2 heterocycles. The standard InChI is InChI=1S/C14H22N6O2S/c1-5-21-10(3)13-19-11(22-20-13)7-17-14(15-4)18-8-12-16-6-9(2)23-12/h6,10H,5,7-8H2,1-4H3,(H2,15,17,18). The zero-order valence-corrected chi connectivity index (χ0v) is 14.6. The average molecular weight is 338 g/mol. The summed E-state index contributed by atoms with van der Waals surface area (Å²) in [6.45, 7) is 7.47. The highest BCUT2D eigenvalue weighted by Crippen LogP contribution is 2.12. The third-order valence-corrected chi connectivity index (χ3v) is 3.88. The third-order valence-electron chi connectivity index (χ3n) is 2.97.